The molecule has 2 aromatic rings. The van der Waals surface area contributed by atoms with Crippen molar-refractivity contribution in [1.82, 2.24) is 9.97 Å². The van der Waals surface area contributed by atoms with Crippen LogP contribution >= 0.6 is 27.3 Å². The van der Waals surface area contributed by atoms with Crippen LogP contribution in [0.1, 0.15) is 17.5 Å². The lowest BCUT2D eigenvalue weighted by molar-refractivity contribution is 1.01. The first-order chi connectivity index (χ1) is 7.60. The van der Waals surface area contributed by atoms with E-state index in [-0.39, 0.29) is 0 Å². The molecule has 0 spiro atoms. The molecule has 0 aliphatic rings. The van der Waals surface area contributed by atoms with Gasteiger partial charge in [-0.25, -0.2) is 9.97 Å². The standard InChI is InChI=1S/C11H12BrN3S/c1-3-7-4-10(13)15-11(14-7)9-5-8(12)6(2)16-9/h4-5H,3H2,1-2H3,(H2,13,14,15). The normalized spacial score (nSPS) is 10.7. The number of anilines is 1. The second-order valence-electron chi connectivity index (χ2n) is 3.48. The van der Waals surface area contributed by atoms with E-state index in [4.69, 9.17) is 5.73 Å². The van der Waals surface area contributed by atoms with E-state index in [9.17, 15) is 0 Å². The molecule has 3 nitrogen and oxygen atoms in total. The van der Waals surface area contributed by atoms with Gasteiger partial charge in [-0.3, -0.25) is 0 Å². The third-order valence-electron chi connectivity index (χ3n) is 2.24. The highest BCUT2D eigenvalue weighted by Gasteiger charge is 2.09. The van der Waals surface area contributed by atoms with Crippen molar-refractivity contribution in [2.24, 2.45) is 0 Å². The van der Waals surface area contributed by atoms with Crippen LogP contribution in [0, 0.1) is 6.92 Å². The van der Waals surface area contributed by atoms with Gasteiger partial charge in [-0.15, -0.1) is 11.3 Å². The molecule has 0 saturated carbocycles. The lowest BCUT2D eigenvalue weighted by Gasteiger charge is -2.01. The van der Waals surface area contributed by atoms with Gasteiger partial charge in [0.05, 0.1) is 4.88 Å². The molecule has 0 aromatic carbocycles. The first-order valence-corrected chi connectivity index (χ1v) is 6.61. The summed E-state index contributed by atoms with van der Waals surface area (Å²) >= 11 is 5.16. The minimum atomic E-state index is 0.532. The Morgan fingerprint density at radius 1 is 1.38 bits per heavy atom. The van der Waals surface area contributed by atoms with Crippen molar-refractivity contribution in [2.75, 3.05) is 5.73 Å². The molecule has 0 fully saturated rings. The second kappa shape index (κ2) is 4.51. The van der Waals surface area contributed by atoms with Crippen molar-refractivity contribution in [2.45, 2.75) is 20.3 Å². The summed E-state index contributed by atoms with van der Waals surface area (Å²) in [5.41, 5.74) is 6.74. The smallest absolute Gasteiger partial charge is 0.171 e. The van der Waals surface area contributed by atoms with Crippen molar-refractivity contribution in [1.29, 1.82) is 0 Å². The Hall–Kier alpha value is -0.940. The minimum absolute atomic E-state index is 0.532. The van der Waals surface area contributed by atoms with E-state index in [1.165, 1.54) is 4.88 Å². The summed E-state index contributed by atoms with van der Waals surface area (Å²) in [4.78, 5) is 11.0. The zero-order valence-electron chi connectivity index (χ0n) is 9.12. The number of halogens is 1. The van der Waals surface area contributed by atoms with E-state index >= 15 is 0 Å². The number of hydrogen-bond donors (Lipinski definition) is 1. The zero-order valence-corrected chi connectivity index (χ0v) is 11.5. The molecule has 0 aliphatic carbocycles. The second-order valence-corrected chi connectivity index (χ2v) is 5.59. The van der Waals surface area contributed by atoms with Gasteiger partial charge < -0.3 is 5.73 Å². The van der Waals surface area contributed by atoms with E-state index in [2.05, 4.69) is 39.7 Å². The Morgan fingerprint density at radius 2 is 2.12 bits per heavy atom. The van der Waals surface area contributed by atoms with Crippen molar-refractivity contribution in [3.05, 3.63) is 27.2 Å². The van der Waals surface area contributed by atoms with Gasteiger partial charge in [0.15, 0.2) is 5.82 Å². The molecule has 2 rings (SSSR count). The number of nitrogen functional groups attached to an aromatic ring is 1. The average Bonchev–Trinajstić information content (AvgIpc) is 2.58. The molecule has 84 valence electrons. The van der Waals surface area contributed by atoms with Crippen LogP contribution in [0.15, 0.2) is 16.6 Å². The monoisotopic (exact) mass is 297 g/mol. The summed E-state index contributed by atoms with van der Waals surface area (Å²) in [5, 5.41) is 0. The highest BCUT2D eigenvalue weighted by atomic mass is 79.9. The third kappa shape index (κ3) is 2.25. The molecule has 0 saturated heterocycles. The summed E-state index contributed by atoms with van der Waals surface area (Å²) < 4.78 is 1.09. The van der Waals surface area contributed by atoms with E-state index in [1.54, 1.807) is 11.3 Å². The molecule has 5 heteroatoms. The molecule has 0 unspecified atom stereocenters. The fourth-order valence-corrected chi connectivity index (χ4v) is 2.85. The van der Waals surface area contributed by atoms with Crippen LogP contribution in [0.2, 0.25) is 0 Å². The molecular formula is C11H12BrN3S. The highest BCUT2D eigenvalue weighted by molar-refractivity contribution is 9.10. The van der Waals surface area contributed by atoms with E-state index in [1.807, 2.05) is 12.1 Å². The highest BCUT2D eigenvalue weighted by Crippen LogP contribution is 2.32. The third-order valence-corrected chi connectivity index (χ3v) is 4.37. The maximum atomic E-state index is 5.76. The number of aryl methyl sites for hydroxylation is 2. The number of hydrogen-bond acceptors (Lipinski definition) is 4. The fourth-order valence-electron chi connectivity index (χ4n) is 1.38. The van der Waals surface area contributed by atoms with Crippen LogP contribution in [0.5, 0.6) is 0 Å². The topological polar surface area (TPSA) is 51.8 Å². The quantitative estimate of drug-likeness (QED) is 0.924. The predicted octanol–water partition coefficient (Wildman–Crippen LogP) is 3.42. The molecule has 0 amide bonds. The maximum Gasteiger partial charge on any atom is 0.171 e. The number of thiophene rings is 1. The van der Waals surface area contributed by atoms with E-state index < -0.39 is 0 Å². The molecular weight excluding hydrogens is 286 g/mol. The van der Waals surface area contributed by atoms with Gasteiger partial charge in [-0.05, 0) is 35.3 Å². The van der Waals surface area contributed by atoms with Gasteiger partial charge >= 0.3 is 0 Å². The summed E-state index contributed by atoms with van der Waals surface area (Å²) in [6, 6.07) is 3.85. The minimum Gasteiger partial charge on any atom is -0.384 e. The predicted molar refractivity (Wildman–Crippen MR) is 71.6 cm³/mol. The van der Waals surface area contributed by atoms with Crippen molar-refractivity contribution in [3.63, 3.8) is 0 Å². The van der Waals surface area contributed by atoms with Crippen LogP contribution in [0.4, 0.5) is 5.82 Å². The Labute approximate surface area is 107 Å². The molecule has 2 N–H and O–H groups in total. The first kappa shape index (κ1) is 11.5. The molecule has 0 bridgehead atoms. The zero-order chi connectivity index (χ0) is 11.7. The van der Waals surface area contributed by atoms with Crippen LogP contribution in [-0.4, -0.2) is 9.97 Å². The number of rotatable bonds is 2. The number of nitrogens with two attached hydrogens (primary N) is 1. The summed E-state index contributed by atoms with van der Waals surface area (Å²) in [6.07, 6.45) is 0.866. The number of aromatic nitrogens is 2. The Balaban J connectivity index is 2.50. The Kier molecular flexibility index (Phi) is 3.25. The largest absolute Gasteiger partial charge is 0.384 e. The first-order valence-electron chi connectivity index (χ1n) is 5.00. The van der Waals surface area contributed by atoms with Crippen LogP contribution in [0.3, 0.4) is 0 Å². The van der Waals surface area contributed by atoms with Gasteiger partial charge in [0.1, 0.15) is 5.82 Å². The van der Waals surface area contributed by atoms with Crippen LogP contribution in [0.25, 0.3) is 10.7 Å². The molecule has 0 aliphatic heterocycles. The van der Waals surface area contributed by atoms with Gasteiger partial charge in [0.2, 0.25) is 0 Å². The molecule has 0 atom stereocenters. The molecule has 0 radical (unpaired) electrons. The van der Waals surface area contributed by atoms with Gasteiger partial charge in [0, 0.05) is 21.1 Å². The van der Waals surface area contributed by atoms with Crippen molar-refractivity contribution < 1.29 is 0 Å². The SMILES string of the molecule is CCc1cc(N)nc(-c2cc(Br)c(C)s2)n1. The Bertz CT molecular complexity index is 502. The van der Waals surface area contributed by atoms with E-state index in [0.717, 1.165) is 27.3 Å². The molecule has 16 heavy (non-hydrogen) atoms. The molecule has 2 heterocycles. The van der Waals surface area contributed by atoms with E-state index in [0.29, 0.717) is 5.82 Å². The number of nitrogens with zero attached hydrogens (tertiary/aromatic N) is 2. The summed E-state index contributed by atoms with van der Waals surface area (Å²) in [7, 11) is 0. The van der Waals surface area contributed by atoms with Crippen LogP contribution in [-0.2, 0) is 6.42 Å². The summed E-state index contributed by atoms with van der Waals surface area (Å²) in [6.45, 7) is 4.12. The maximum absolute atomic E-state index is 5.76. The van der Waals surface area contributed by atoms with Crippen molar-refractivity contribution >= 4 is 33.1 Å². The fraction of sp³-hybridized carbons (Fsp3) is 0.273. The Morgan fingerprint density at radius 3 is 2.69 bits per heavy atom. The lowest BCUT2D eigenvalue weighted by atomic mass is 10.3. The summed E-state index contributed by atoms with van der Waals surface area (Å²) in [5.74, 6) is 1.25. The van der Waals surface area contributed by atoms with Crippen LogP contribution < -0.4 is 5.73 Å². The van der Waals surface area contributed by atoms with Gasteiger partial charge in [-0.2, -0.15) is 0 Å². The van der Waals surface area contributed by atoms with Gasteiger partial charge in [-0.1, -0.05) is 6.92 Å². The lowest BCUT2D eigenvalue weighted by Crippen LogP contribution is -1.98. The van der Waals surface area contributed by atoms with Crippen molar-refractivity contribution in [3.8, 4) is 10.7 Å². The van der Waals surface area contributed by atoms with Gasteiger partial charge in [0.25, 0.3) is 0 Å². The average molecular weight is 298 g/mol. The molecule has 2 aromatic heterocycles.